The molecule has 0 radical (unpaired) electrons. The van der Waals surface area contributed by atoms with E-state index in [0.717, 1.165) is 6.54 Å². The molecule has 1 heterocycles. The zero-order chi connectivity index (χ0) is 7.40. The van der Waals surface area contributed by atoms with Crippen LogP contribution >= 0.6 is 0 Å². The lowest BCUT2D eigenvalue weighted by molar-refractivity contribution is 1.01. The number of nitrogens with two attached hydrogens (primary N) is 1. The van der Waals surface area contributed by atoms with E-state index < -0.39 is 0 Å². The van der Waals surface area contributed by atoms with Crippen molar-refractivity contribution in [2.75, 3.05) is 17.6 Å². The lowest BCUT2D eigenvalue weighted by atomic mass is 10.4. The summed E-state index contributed by atoms with van der Waals surface area (Å²) in [6.45, 7) is 2.79. The van der Waals surface area contributed by atoms with E-state index in [2.05, 4.69) is 15.5 Å². The largest absolute Gasteiger partial charge is 0.396 e. The third-order valence-electron chi connectivity index (χ3n) is 1.10. The maximum Gasteiger partial charge on any atom is 0.171 e. The first-order valence-corrected chi connectivity index (χ1v) is 3.15. The Labute approximate surface area is 59.5 Å². The fourth-order valence-corrected chi connectivity index (χ4v) is 0.646. The first-order valence-electron chi connectivity index (χ1n) is 3.15. The van der Waals surface area contributed by atoms with Gasteiger partial charge in [0, 0.05) is 6.54 Å². The van der Waals surface area contributed by atoms with Gasteiger partial charge in [0.1, 0.15) is 0 Å². The Morgan fingerprint density at radius 1 is 1.70 bits per heavy atom. The molecule has 0 spiro atoms. The van der Waals surface area contributed by atoms with Gasteiger partial charge in [0.2, 0.25) is 0 Å². The smallest absolute Gasteiger partial charge is 0.171 e. The van der Waals surface area contributed by atoms with Gasteiger partial charge < -0.3 is 11.1 Å². The Balaban J connectivity index is 2.81. The molecule has 3 N–H and O–H groups in total. The van der Waals surface area contributed by atoms with Gasteiger partial charge in [0.05, 0.1) is 11.9 Å². The standard InChI is InChI=1S/C6H10N4/c1-2-8-6-5(7)3-4-9-10-6/h3-4H,2H2,1H3,(H2,7,9)(H,8,10). The summed E-state index contributed by atoms with van der Waals surface area (Å²) >= 11 is 0. The molecule has 0 aliphatic heterocycles. The second kappa shape index (κ2) is 3.00. The summed E-state index contributed by atoms with van der Waals surface area (Å²) in [7, 11) is 0. The second-order valence-electron chi connectivity index (χ2n) is 1.87. The maximum absolute atomic E-state index is 5.54. The number of nitrogen functional groups attached to an aromatic ring is 1. The van der Waals surface area contributed by atoms with Gasteiger partial charge in [-0.1, -0.05) is 0 Å². The highest BCUT2D eigenvalue weighted by molar-refractivity contribution is 5.59. The number of anilines is 2. The summed E-state index contributed by atoms with van der Waals surface area (Å²) in [6.07, 6.45) is 1.57. The Bertz CT molecular complexity index is 211. The van der Waals surface area contributed by atoms with Crippen molar-refractivity contribution in [1.29, 1.82) is 0 Å². The van der Waals surface area contributed by atoms with Crippen molar-refractivity contribution >= 4 is 11.5 Å². The van der Waals surface area contributed by atoms with Crippen LogP contribution in [0.5, 0.6) is 0 Å². The van der Waals surface area contributed by atoms with Crippen molar-refractivity contribution in [1.82, 2.24) is 10.2 Å². The molecule has 54 valence electrons. The highest BCUT2D eigenvalue weighted by Gasteiger charge is 1.94. The van der Waals surface area contributed by atoms with Crippen LogP contribution in [0.15, 0.2) is 12.3 Å². The Morgan fingerprint density at radius 3 is 3.10 bits per heavy atom. The average molecular weight is 138 g/mol. The lowest BCUT2D eigenvalue weighted by Crippen LogP contribution is -2.03. The summed E-state index contributed by atoms with van der Waals surface area (Å²) in [6, 6.07) is 1.71. The molecule has 1 aromatic rings. The van der Waals surface area contributed by atoms with E-state index in [4.69, 9.17) is 5.73 Å². The molecular formula is C6H10N4. The number of hydrogen-bond donors (Lipinski definition) is 2. The Kier molecular flexibility index (Phi) is 2.04. The number of nitrogens with zero attached hydrogens (tertiary/aromatic N) is 2. The van der Waals surface area contributed by atoms with Crippen LogP contribution in [0.25, 0.3) is 0 Å². The van der Waals surface area contributed by atoms with E-state index in [1.165, 1.54) is 0 Å². The number of rotatable bonds is 2. The van der Waals surface area contributed by atoms with Crippen LogP contribution in [0.4, 0.5) is 11.5 Å². The molecule has 0 bridgehead atoms. The lowest BCUT2D eigenvalue weighted by Gasteiger charge is -2.01. The average Bonchev–Trinajstić information content (AvgIpc) is 1.94. The van der Waals surface area contributed by atoms with E-state index in [0.29, 0.717) is 11.5 Å². The maximum atomic E-state index is 5.54. The van der Waals surface area contributed by atoms with E-state index in [-0.39, 0.29) is 0 Å². The van der Waals surface area contributed by atoms with Gasteiger partial charge in [0.25, 0.3) is 0 Å². The first kappa shape index (κ1) is 6.80. The van der Waals surface area contributed by atoms with Gasteiger partial charge in [-0.15, -0.1) is 5.10 Å². The van der Waals surface area contributed by atoms with Crippen molar-refractivity contribution in [2.24, 2.45) is 0 Å². The van der Waals surface area contributed by atoms with Crippen molar-refractivity contribution < 1.29 is 0 Å². The summed E-state index contributed by atoms with van der Waals surface area (Å²) < 4.78 is 0. The molecule has 0 aliphatic rings. The minimum absolute atomic E-state index is 0.636. The highest BCUT2D eigenvalue weighted by Crippen LogP contribution is 2.10. The summed E-state index contributed by atoms with van der Waals surface area (Å²) in [5.74, 6) is 0.657. The zero-order valence-corrected chi connectivity index (χ0v) is 5.83. The molecule has 0 aromatic carbocycles. The molecule has 0 atom stereocenters. The van der Waals surface area contributed by atoms with E-state index in [1.54, 1.807) is 12.3 Å². The van der Waals surface area contributed by atoms with Crippen LogP contribution in [0.1, 0.15) is 6.92 Å². The van der Waals surface area contributed by atoms with Crippen LogP contribution in [-0.4, -0.2) is 16.7 Å². The molecule has 0 fully saturated rings. The number of nitrogens with one attached hydrogen (secondary N) is 1. The van der Waals surface area contributed by atoms with Crippen LogP contribution < -0.4 is 11.1 Å². The number of aromatic nitrogens is 2. The van der Waals surface area contributed by atoms with Crippen molar-refractivity contribution in [3.05, 3.63) is 12.3 Å². The van der Waals surface area contributed by atoms with Gasteiger partial charge >= 0.3 is 0 Å². The summed E-state index contributed by atoms with van der Waals surface area (Å²) in [5, 5.41) is 10.4. The molecule has 10 heavy (non-hydrogen) atoms. The molecule has 0 unspecified atom stereocenters. The van der Waals surface area contributed by atoms with E-state index in [9.17, 15) is 0 Å². The quantitative estimate of drug-likeness (QED) is 0.624. The van der Waals surface area contributed by atoms with Crippen LogP contribution in [0.3, 0.4) is 0 Å². The fourth-order valence-electron chi connectivity index (χ4n) is 0.646. The van der Waals surface area contributed by atoms with Crippen LogP contribution in [0.2, 0.25) is 0 Å². The van der Waals surface area contributed by atoms with E-state index >= 15 is 0 Å². The highest BCUT2D eigenvalue weighted by atomic mass is 15.2. The van der Waals surface area contributed by atoms with Crippen molar-refractivity contribution in [2.45, 2.75) is 6.92 Å². The number of hydrogen-bond acceptors (Lipinski definition) is 4. The van der Waals surface area contributed by atoms with Crippen molar-refractivity contribution in [3.8, 4) is 0 Å². The Hall–Kier alpha value is -1.32. The fraction of sp³-hybridized carbons (Fsp3) is 0.333. The van der Waals surface area contributed by atoms with Crippen molar-refractivity contribution in [3.63, 3.8) is 0 Å². The monoisotopic (exact) mass is 138 g/mol. The third-order valence-corrected chi connectivity index (χ3v) is 1.10. The topological polar surface area (TPSA) is 63.8 Å². The molecule has 1 aromatic heterocycles. The molecule has 0 saturated heterocycles. The van der Waals surface area contributed by atoms with Gasteiger partial charge in [-0.05, 0) is 13.0 Å². The van der Waals surface area contributed by atoms with Gasteiger partial charge in [-0.25, -0.2) is 0 Å². The molecule has 0 saturated carbocycles. The molecule has 0 amide bonds. The molecule has 4 heteroatoms. The minimum Gasteiger partial charge on any atom is -0.396 e. The molecule has 1 rings (SSSR count). The minimum atomic E-state index is 0.636. The molecular weight excluding hydrogens is 128 g/mol. The summed E-state index contributed by atoms with van der Waals surface area (Å²) in [5.41, 5.74) is 6.18. The van der Waals surface area contributed by atoms with Gasteiger partial charge in [-0.2, -0.15) is 5.10 Å². The predicted octanol–water partition coefficient (Wildman–Crippen LogP) is 0.491. The third kappa shape index (κ3) is 1.34. The van der Waals surface area contributed by atoms with Gasteiger partial charge in [-0.3, -0.25) is 0 Å². The Morgan fingerprint density at radius 2 is 2.50 bits per heavy atom. The second-order valence-corrected chi connectivity index (χ2v) is 1.87. The van der Waals surface area contributed by atoms with Gasteiger partial charge in [0.15, 0.2) is 5.82 Å². The molecule has 4 nitrogen and oxygen atoms in total. The predicted molar refractivity (Wildman–Crippen MR) is 40.6 cm³/mol. The first-order chi connectivity index (χ1) is 4.84. The SMILES string of the molecule is CCNc1nnccc1N. The molecule has 0 aliphatic carbocycles. The summed E-state index contributed by atoms with van der Waals surface area (Å²) in [4.78, 5) is 0. The van der Waals surface area contributed by atoms with Crippen LogP contribution in [-0.2, 0) is 0 Å². The van der Waals surface area contributed by atoms with E-state index in [1.807, 2.05) is 6.92 Å². The normalized spacial score (nSPS) is 9.30. The van der Waals surface area contributed by atoms with Crippen LogP contribution in [0, 0.1) is 0 Å². The zero-order valence-electron chi connectivity index (χ0n) is 5.83.